The van der Waals surface area contributed by atoms with Crippen LogP contribution in [0, 0.1) is 5.92 Å². The summed E-state index contributed by atoms with van der Waals surface area (Å²) in [5, 5.41) is 20.1. The summed E-state index contributed by atoms with van der Waals surface area (Å²) in [7, 11) is 0. The van der Waals surface area contributed by atoms with E-state index in [-0.39, 0.29) is 11.8 Å². The van der Waals surface area contributed by atoms with Crippen LogP contribution in [0.4, 0.5) is 0 Å². The first-order valence-corrected chi connectivity index (χ1v) is 7.42. The standard InChI is InChI=1S/C13H18N2O2S/c16-12(8-3-4-18-7-8)6-14-13(17)10-5-9-1-2-11(10)15-9/h3-4,7,9-12,15-16H,1-2,5-6H2,(H,14,17). The van der Waals surface area contributed by atoms with E-state index in [1.807, 2.05) is 16.8 Å². The van der Waals surface area contributed by atoms with Gasteiger partial charge in [-0.1, -0.05) is 0 Å². The number of carbonyl (C=O) groups excluding carboxylic acids is 1. The fraction of sp³-hybridized carbons (Fsp3) is 0.615. The minimum Gasteiger partial charge on any atom is -0.387 e. The van der Waals surface area contributed by atoms with Gasteiger partial charge in [0.2, 0.25) is 5.91 Å². The van der Waals surface area contributed by atoms with Gasteiger partial charge in [0.1, 0.15) is 0 Å². The Bertz CT molecular complexity index is 421. The van der Waals surface area contributed by atoms with Crippen LogP contribution in [0.15, 0.2) is 16.8 Å². The second kappa shape index (κ2) is 4.99. The van der Waals surface area contributed by atoms with Gasteiger partial charge < -0.3 is 15.7 Å². The van der Waals surface area contributed by atoms with Gasteiger partial charge in [0.25, 0.3) is 0 Å². The molecule has 1 amide bonds. The monoisotopic (exact) mass is 266 g/mol. The van der Waals surface area contributed by atoms with Crippen LogP contribution in [0.25, 0.3) is 0 Å². The van der Waals surface area contributed by atoms with Crippen molar-refractivity contribution < 1.29 is 9.90 Å². The van der Waals surface area contributed by atoms with Crippen LogP contribution >= 0.6 is 11.3 Å². The highest BCUT2D eigenvalue weighted by Crippen LogP contribution is 2.33. The number of aliphatic hydroxyl groups is 1. The van der Waals surface area contributed by atoms with E-state index in [1.54, 1.807) is 11.3 Å². The second-order valence-corrected chi connectivity index (χ2v) is 5.99. The average Bonchev–Trinajstić information content (AvgIpc) is 3.09. The molecule has 0 aromatic carbocycles. The molecule has 0 spiro atoms. The van der Waals surface area contributed by atoms with Crippen LogP contribution in [0.1, 0.15) is 30.9 Å². The van der Waals surface area contributed by atoms with Gasteiger partial charge in [0.15, 0.2) is 0 Å². The first kappa shape index (κ1) is 12.1. The van der Waals surface area contributed by atoms with Crippen molar-refractivity contribution in [1.82, 2.24) is 10.6 Å². The van der Waals surface area contributed by atoms with E-state index >= 15 is 0 Å². The van der Waals surface area contributed by atoms with Gasteiger partial charge in [0, 0.05) is 18.6 Å². The van der Waals surface area contributed by atoms with Crippen LogP contribution in [0.2, 0.25) is 0 Å². The number of fused-ring (bicyclic) bond motifs is 2. The fourth-order valence-corrected chi connectivity index (χ4v) is 3.73. The molecule has 2 bridgehead atoms. The van der Waals surface area contributed by atoms with Crippen LogP contribution in [-0.2, 0) is 4.79 Å². The molecule has 2 aliphatic heterocycles. The molecule has 4 nitrogen and oxygen atoms in total. The Balaban J connectivity index is 1.50. The van der Waals surface area contributed by atoms with Crippen LogP contribution in [0.3, 0.4) is 0 Å². The van der Waals surface area contributed by atoms with E-state index in [9.17, 15) is 9.90 Å². The minimum absolute atomic E-state index is 0.0870. The third-order valence-electron chi connectivity index (χ3n) is 4.03. The Morgan fingerprint density at radius 2 is 2.50 bits per heavy atom. The Labute approximate surface area is 110 Å². The van der Waals surface area contributed by atoms with Gasteiger partial charge in [0.05, 0.1) is 12.0 Å². The molecular formula is C13H18N2O2S. The molecule has 0 radical (unpaired) electrons. The summed E-state index contributed by atoms with van der Waals surface area (Å²) in [5.74, 6) is 0.183. The summed E-state index contributed by atoms with van der Waals surface area (Å²) in [6.45, 7) is 0.309. The summed E-state index contributed by atoms with van der Waals surface area (Å²) in [5.41, 5.74) is 0.881. The lowest BCUT2D eigenvalue weighted by Crippen LogP contribution is -2.39. The first-order chi connectivity index (χ1) is 8.74. The average molecular weight is 266 g/mol. The molecule has 2 aliphatic rings. The number of hydrogen-bond donors (Lipinski definition) is 3. The van der Waals surface area contributed by atoms with Gasteiger partial charge in [-0.15, -0.1) is 0 Å². The lowest BCUT2D eigenvalue weighted by atomic mass is 9.88. The highest BCUT2D eigenvalue weighted by molar-refractivity contribution is 7.07. The minimum atomic E-state index is -0.591. The molecule has 5 heteroatoms. The smallest absolute Gasteiger partial charge is 0.224 e. The SMILES string of the molecule is O=C(NCC(O)c1ccsc1)C1CC2CCC1N2. The van der Waals surface area contributed by atoms with Crippen molar-refractivity contribution >= 4 is 17.2 Å². The number of rotatable bonds is 4. The van der Waals surface area contributed by atoms with E-state index in [4.69, 9.17) is 0 Å². The van der Waals surface area contributed by atoms with Crippen molar-refractivity contribution in [3.8, 4) is 0 Å². The van der Waals surface area contributed by atoms with Gasteiger partial charge >= 0.3 is 0 Å². The Morgan fingerprint density at radius 3 is 3.11 bits per heavy atom. The molecule has 1 aromatic rings. The number of carbonyl (C=O) groups is 1. The second-order valence-electron chi connectivity index (χ2n) is 5.21. The number of thiophene rings is 1. The molecule has 1 aromatic heterocycles. The summed E-state index contributed by atoms with van der Waals surface area (Å²) < 4.78 is 0. The Morgan fingerprint density at radius 1 is 1.61 bits per heavy atom. The zero-order chi connectivity index (χ0) is 12.5. The largest absolute Gasteiger partial charge is 0.387 e. The molecule has 4 atom stereocenters. The molecule has 4 unspecified atom stereocenters. The predicted octanol–water partition coefficient (Wildman–Crippen LogP) is 1.04. The number of aliphatic hydroxyl groups excluding tert-OH is 1. The van der Waals surface area contributed by atoms with Gasteiger partial charge in [-0.2, -0.15) is 11.3 Å². The quantitative estimate of drug-likeness (QED) is 0.763. The van der Waals surface area contributed by atoms with Crippen LogP contribution < -0.4 is 10.6 Å². The maximum Gasteiger partial charge on any atom is 0.224 e. The van der Waals surface area contributed by atoms with Crippen molar-refractivity contribution in [2.24, 2.45) is 5.92 Å². The summed E-state index contributed by atoms with van der Waals surface area (Å²) in [6, 6.07) is 2.78. The van der Waals surface area contributed by atoms with Crippen molar-refractivity contribution in [3.05, 3.63) is 22.4 Å². The molecule has 2 fully saturated rings. The lowest BCUT2D eigenvalue weighted by molar-refractivity contribution is -0.126. The zero-order valence-electron chi connectivity index (χ0n) is 10.1. The summed E-state index contributed by atoms with van der Waals surface area (Å²) in [4.78, 5) is 12.0. The van der Waals surface area contributed by atoms with E-state index in [2.05, 4.69) is 10.6 Å². The summed E-state index contributed by atoms with van der Waals surface area (Å²) in [6.07, 6.45) is 2.67. The molecule has 3 heterocycles. The number of amides is 1. The van der Waals surface area contributed by atoms with E-state index in [1.165, 1.54) is 6.42 Å². The molecule has 0 aliphatic carbocycles. The molecule has 2 saturated heterocycles. The van der Waals surface area contributed by atoms with E-state index < -0.39 is 6.10 Å². The highest BCUT2D eigenvalue weighted by atomic mass is 32.1. The van der Waals surface area contributed by atoms with Crippen molar-refractivity contribution in [2.75, 3.05) is 6.54 Å². The predicted molar refractivity (Wildman–Crippen MR) is 70.3 cm³/mol. The van der Waals surface area contributed by atoms with Crippen molar-refractivity contribution in [1.29, 1.82) is 0 Å². The molecule has 18 heavy (non-hydrogen) atoms. The van der Waals surface area contributed by atoms with Gasteiger partial charge in [-0.25, -0.2) is 0 Å². The number of nitrogens with one attached hydrogen (secondary N) is 2. The third kappa shape index (κ3) is 2.30. The maximum atomic E-state index is 12.0. The highest BCUT2D eigenvalue weighted by Gasteiger charge is 2.42. The van der Waals surface area contributed by atoms with Gasteiger partial charge in [-0.3, -0.25) is 4.79 Å². The Kier molecular flexibility index (Phi) is 3.37. The molecule has 3 N–H and O–H groups in total. The van der Waals surface area contributed by atoms with E-state index in [0.717, 1.165) is 18.4 Å². The summed E-state index contributed by atoms with van der Waals surface area (Å²) >= 11 is 1.55. The fourth-order valence-electron chi connectivity index (χ4n) is 3.02. The normalized spacial score (nSPS) is 31.5. The number of hydrogen-bond acceptors (Lipinski definition) is 4. The first-order valence-electron chi connectivity index (χ1n) is 6.48. The van der Waals surface area contributed by atoms with Crippen LogP contribution in [-0.4, -0.2) is 29.6 Å². The zero-order valence-corrected chi connectivity index (χ0v) is 11.0. The molecule has 0 saturated carbocycles. The molecular weight excluding hydrogens is 248 g/mol. The van der Waals surface area contributed by atoms with Crippen LogP contribution in [0.5, 0.6) is 0 Å². The molecule has 98 valence electrons. The van der Waals surface area contributed by atoms with Gasteiger partial charge in [-0.05, 0) is 41.7 Å². The van der Waals surface area contributed by atoms with Crippen molar-refractivity contribution in [2.45, 2.75) is 37.5 Å². The third-order valence-corrected chi connectivity index (χ3v) is 4.74. The van der Waals surface area contributed by atoms with E-state index in [0.29, 0.717) is 18.6 Å². The Hall–Kier alpha value is -0.910. The maximum absolute atomic E-state index is 12.0. The van der Waals surface area contributed by atoms with Crippen molar-refractivity contribution in [3.63, 3.8) is 0 Å². The lowest BCUT2D eigenvalue weighted by Gasteiger charge is -2.20. The molecule has 3 rings (SSSR count). The topological polar surface area (TPSA) is 61.4 Å².